The third kappa shape index (κ3) is 4.41. The third-order valence-electron chi connectivity index (χ3n) is 6.18. The molecule has 0 bridgehead atoms. The van der Waals surface area contributed by atoms with Crippen LogP contribution in [0.1, 0.15) is 54.0 Å². The van der Waals surface area contributed by atoms with Crippen molar-refractivity contribution in [1.29, 1.82) is 0 Å². The quantitative estimate of drug-likeness (QED) is 0.737. The highest BCUT2D eigenvalue weighted by Gasteiger charge is 2.34. The molecule has 1 fully saturated rings. The van der Waals surface area contributed by atoms with Gasteiger partial charge in [0.2, 0.25) is 0 Å². The smallest absolute Gasteiger partial charge is 0.257 e. The molecule has 0 spiro atoms. The summed E-state index contributed by atoms with van der Waals surface area (Å²) in [5, 5.41) is 6.58. The number of hydrogen-bond acceptors (Lipinski definition) is 4. The fraction of sp³-hybridized carbons (Fsp3) is 0.440. The summed E-state index contributed by atoms with van der Waals surface area (Å²) >= 11 is 0. The zero-order valence-electron chi connectivity index (χ0n) is 18.2. The van der Waals surface area contributed by atoms with E-state index in [2.05, 4.69) is 36.9 Å². The maximum atomic E-state index is 13.3. The summed E-state index contributed by atoms with van der Waals surface area (Å²) in [5.74, 6) is 0.909. The van der Waals surface area contributed by atoms with Crippen molar-refractivity contribution in [2.75, 3.05) is 26.7 Å². The Morgan fingerprint density at radius 3 is 2.47 bits per heavy atom. The molecule has 2 aromatic rings. The lowest BCUT2D eigenvalue weighted by Gasteiger charge is -2.29. The second-order valence-electron chi connectivity index (χ2n) is 8.43. The van der Waals surface area contributed by atoms with Gasteiger partial charge in [-0.15, -0.1) is 0 Å². The summed E-state index contributed by atoms with van der Waals surface area (Å²) in [6, 6.07) is 14.4. The second-order valence-corrected chi connectivity index (χ2v) is 8.43. The number of carbonyl (C=O) groups excluding carboxylic acids is 1. The third-order valence-corrected chi connectivity index (χ3v) is 6.18. The minimum Gasteiger partial charge on any atom is -0.497 e. The summed E-state index contributed by atoms with van der Waals surface area (Å²) in [7, 11) is 1.67. The van der Waals surface area contributed by atoms with Crippen LogP contribution in [0.2, 0.25) is 0 Å². The van der Waals surface area contributed by atoms with E-state index in [0.29, 0.717) is 6.54 Å². The van der Waals surface area contributed by atoms with Gasteiger partial charge in [-0.05, 0) is 80.7 Å². The van der Waals surface area contributed by atoms with Crippen molar-refractivity contribution >= 4 is 11.6 Å². The first-order valence-electron chi connectivity index (χ1n) is 10.9. The number of benzene rings is 2. The number of ether oxygens (including phenoxy) is 1. The summed E-state index contributed by atoms with van der Waals surface area (Å²) in [4.78, 5) is 15.6. The van der Waals surface area contributed by atoms with Crippen LogP contribution in [-0.4, -0.2) is 48.3 Å². The van der Waals surface area contributed by atoms with Gasteiger partial charge in [0.05, 0.1) is 25.4 Å². The van der Waals surface area contributed by atoms with Gasteiger partial charge in [0, 0.05) is 6.42 Å². The Morgan fingerprint density at radius 1 is 1.07 bits per heavy atom. The number of hydrogen-bond donors (Lipinski definition) is 0. The minimum atomic E-state index is -0.0556. The molecule has 0 saturated carbocycles. The standard InChI is InChI=1S/C25H31N3O2/c1-18-7-12-22(19(2)15-18)24-16-23(20-8-10-21(30-3)11-9-20)26-28(24)25(29)17-27-13-5-4-6-14-27/h7-12,15,24H,4-6,13-14,16-17H2,1-3H3/t24-/m1/s1. The van der Waals surface area contributed by atoms with Crippen molar-refractivity contribution in [3.63, 3.8) is 0 Å². The van der Waals surface area contributed by atoms with Crippen molar-refractivity contribution in [1.82, 2.24) is 9.91 Å². The number of methoxy groups -OCH3 is 1. The number of aryl methyl sites for hydroxylation is 2. The molecule has 1 amide bonds. The highest BCUT2D eigenvalue weighted by atomic mass is 16.5. The van der Waals surface area contributed by atoms with E-state index in [4.69, 9.17) is 9.84 Å². The lowest BCUT2D eigenvalue weighted by atomic mass is 9.94. The van der Waals surface area contributed by atoms with Crippen molar-refractivity contribution in [3.05, 3.63) is 64.7 Å². The van der Waals surface area contributed by atoms with Gasteiger partial charge in [-0.3, -0.25) is 9.69 Å². The predicted molar refractivity (Wildman–Crippen MR) is 120 cm³/mol. The van der Waals surface area contributed by atoms with E-state index >= 15 is 0 Å². The number of rotatable bonds is 5. The first-order valence-corrected chi connectivity index (χ1v) is 10.9. The molecule has 2 heterocycles. The monoisotopic (exact) mass is 405 g/mol. The van der Waals surface area contributed by atoms with Gasteiger partial charge in [-0.2, -0.15) is 5.10 Å². The lowest BCUT2D eigenvalue weighted by Crippen LogP contribution is -2.40. The molecule has 158 valence electrons. The number of carbonyl (C=O) groups is 1. The Morgan fingerprint density at radius 2 is 1.80 bits per heavy atom. The highest BCUT2D eigenvalue weighted by Crippen LogP contribution is 2.35. The van der Waals surface area contributed by atoms with Gasteiger partial charge in [-0.1, -0.05) is 30.2 Å². The summed E-state index contributed by atoms with van der Waals surface area (Å²) in [6.45, 7) is 6.68. The molecular weight excluding hydrogens is 374 g/mol. The van der Waals surface area contributed by atoms with Crippen LogP contribution in [-0.2, 0) is 4.79 Å². The summed E-state index contributed by atoms with van der Waals surface area (Å²) in [5.41, 5.74) is 5.62. The van der Waals surface area contributed by atoms with E-state index < -0.39 is 0 Å². The molecule has 4 rings (SSSR count). The van der Waals surface area contributed by atoms with Gasteiger partial charge in [0.1, 0.15) is 5.75 Å². The predicted octanol–water partition coefficient (Wildman–Crippen LogP) is 4.48. The first kappa shape index (κ1) is 20.6. The molecule has 1 atom stereocenters. The van der Waals surface area contributed by atoms with Crippen LogP contribution in [0.15, 0.2) is 47.6 Å². The average molecular weight is 406 g/mol. The van der Waals surface area contributed by atoms with E-state index in [1.807, 2.05) is 24.3 Å². The summed E-state index contributed by atoms with van der Waals surface area (Å²) in [6.07, 6.45) is 4.34. The second kappa shape index (κ2) is 9.00. The SMILES string of the molecule is COc1ccc(C2=NN(C(=O)CN3CCCCC3)[C@@H](c3ccc(C)cc3C)C2)cc1. The molecule has 1 saturated heterocycles. The largest absolute Gasteiger partial charge is 0.497 e. The Hall–Kier alpha value is -2.66. The number of nitrogens with zero attached hydrogens (tertiary/aromatic N) is 3. The molecule has 2 aliphatic heterocycles. The Balaban J connectivity index is 1.62. The molecule has 30 heavy (non-hydrogen) atoms. The molecule has 0 aromatic heterocycles. The Labute approximate surface area is 179 Å². The van der Waals surface area contributed by atoms with E-state index in [1.54, 1.807) is 12.1 Å². The van der Waals surface area contributed by atoms with Crippen LogP contribution in [0.25, 0.3) is 0 Å². The van der Waals surface area contributed by atoms with Crippen LogP contribution in [0.4, 0.5) is 0 Å². The number of amides is 1. The number of hydrazone groups is 1. The lowest BCUT2D eigenvalue weighted by molar-refractivity contribution is -0.134. The van der Waals surface area contributed by atoms with Crippen molar-refractivity contribution in [3.8, 4) is 5.75 Å². The summed E-state index contributed by atoms with van der Waals surface area (Å²) < 4.78 is 5.28. The Kier molecular flexibility index (Phi) is 6.18. The van der Waals surface area contributed by atoms with E-state index in [0.717, 1.165) is 36.5 Å². The fourth-order valence-electron chi connectivity index (χ4n) is 4.52. The molecule has 0 aliphatic carbocycles. The van der Waals surface area contributed by atoms with E-state index in [9.17, 15) is 4.79 Å². The number of piperidine rings is 1. The van der Waals surface area contributed by atoms with E-state index in [-0.39, 0.29) is 11.9 Å². The van der Waals surface area contributed by atoms with Gasteiger partial charge >= 0.3 is 0 Å². The average Bonchev–Trinajstić information content (AvgIpc) is 3.20. The van der Waals surface area contributed by atoms with Gasteiger partial charge < -0.3 is 4.74 Å². The zero-order valence-corrected chi connectivity index (χ0v) is 18.2. The first-order chi connectivity index (χ1) is 14.5. The molecule has 0 unspecified atom stereocenters. The van der Waals surface area contributed by atoms with Crippen molar-refractivity contribution < 1.29 is 9.53 Å². The fourth-order valence-corrected chi connectivity index (χ4v) is 4.52. The minimum absolute atomic E-state index is 0.0556. The van der Waals surface area contributed by atoms with Gasteiger partial charge in [-0.25, -0.2) is 5.01 Å². The van der Waals surface area contributed by atoms with E-state index in [1.165, 1.54) is 36.0 Å². The molecule has 5 heteroatoms. The van der Waals surface area contributed by atoms with Crippen LogP contribution in [0, 0.1) is 13.8 Å². The highest BCUT2D eigenvalue weighted by molar-refractivity contribution is 6.03. The zero-order chi connectivity index (χ0) is 21.1. The molecular formula is C25H31N3O2. The number of likely N-dealkylation sites (tertiary alicyclic amines) is 1. The molecule has 5 nitrogen and oxygen atoms in total. The molecule has 0 N–H and O–H groups in total. The molecule has 2 aliphatic rings. The normalized spacial score (nSPS) is 19.6. The van der Waals surface area contributed by atoms with Crippen molar-refractivity contribution in [2.24, 2.45) is 5.10 Å². The maximum Gasteiger partial charge on any atom is 0.257 e. The van der Waals surface area contributed by atoms with Crippen LogP contribution in [0.3, 0.4) is 0 Å². The van der Waals surface area contributed by atoms with Crippen LogP contribution in [0.5, 0.6) is 5.75 Å². The maximum absolute atomic E-state index is 13.3. The Bertz CT molecular complexity index is 930. The van der Waals surface area contributed by atoms with Gasteiger partial charge in [0.15, 0.2) is 0 Å². The van der Waals surface area contributed by atoms with Crippen molar-refractivity contribution in [2.45, 2.75) is 45.6 Å². The van der Waals surface area contributed by atoms with Crippen LogP contribution >= 0.6 is 0 Å². The topological polar surface area (TPSA) is 45.1 Å². The molecule has 2 aromatic carbocycles. The van der Waals surface area contributed by atoms with Crippen LogP contribution < -0.4 is 4.74 Å². The van der Waals surface area contributed by atoms with Gasteiger partial charge in [0.25, 0.3) is 5.91 Å². The molecule has 0 radical (unpaired) electrons.